The molecule has 0 heterocycles. The molecule has 0 aliphatic heterocycles. The van der Waals surface area contributed by atoms with Crippen molar-refractivity contribution in [3.8, 4) is 0 Å². The summed E-state index contributed by atoms with van der Waals surface area (Å²) in [5.41, 5.74) is -0.0176. The molecule has 0 saturated carbocycles. The minimum absolute atomic E-state index is 0.0176. The summed E-state index contributed by atoms with van der Waals surface area (Å²) in [7, 11) is 0. The van der Waals surface area contributed by atoms with Crippen molar-refractivity contribution in [1.82, 2.24) is 5.32 Å². The maximum absolute atomic E-state index is 13.4. The molecule has 0 aliphatic carbocycles. The van der Waals surface area contributed by atoms with Crippen molar-refractivity contribution in [3.63, 3.8) is 0 Å². The van der Waals surface area contributed by atoms with E-state index in [1.165, 1.54) is 12.1 Å². The number of hydrogen-bond donors (Lipinski definition) is 3. The minimum Gasteiger partial charge on any atom is -0.480 e. The number of aliphatic carboxylic acids is 1. The van der Waals surface area contributed by atoms with Crippen LogP contribution in [0.3, 0.4) is 0 Å². The van der Waals surface area contributed by atoms with E-state index in [0.29, 0.717) is 4.47 Å². The zero-order valence-corrected chi connectivity index (χ0v) is 11.1. The number of benzene rings is 1. The van der Waals surface area contributed by atoms with Gasteiger partial charge in [-0.05, 0) is 24.6 Å². The molecule has 5 nitrogen and oxygen atoms in total. The number of amides is 2. The SMILES string of the molecule is CC[C@@H](NC(=O)Nc1ccc(Br)cc1F)C(=O)O. The molecule has 3 N–H and O–H groups in total. The van der Waals surface area contributed by atoms with Crippen LogP contribution in [0.25, 0.3) is 0 Å². The molecule has 0 aromatic heterocycles. The molecule has 0 saturated heterocycles. The molecule has 0 bridgehead atoms. The number of anilines is 1. The summed E-state index contributed by atoms with van der Waals surface area (Å²) in [5, 5.41) is 13.2. The second-order valence-electron chi connectivity index (χ2n) is 3.52. The van der Waals surface area contributed by atoms with Gasteiger partial charge in [0.25, 0.3) is 0 Å². The summed E-state index contributed by atoms with van der Waals surface area (Å²) in [6.07, 6.45) is 0.242. The first-order chi connectivity index (χ1) is 8.43. The van der Waals surface area contributed by atoms with Gasteiger partial charge in [-0.3, -0.25) is 0 Å². The summed E-state index contributed by atoms with van der Waals surface area (Å²) in [6, 6.07) is 2.38. The van der Waals surface area contributed by atoms with Crippen molar-refractivity contribution < 1.29 is 19.1 Å². The number of urea groups is 1. The fourth-order valence-electron chi connectivity index (χ4n) is 1.25. The molecule has 0 aliphatic rings. The van der Waals surface area contributed by atoms with Crippen LogP contribution in [0.4, 0.5) is 14.9 Å². The lowest BCUT2D eigenvalue weighted by Gasteiger charge is -2.13. The van der Waals surface area contributed by atoms with Crippen molar-refractivity contribution >= 4 is 33.6 Å². The standard InChI is InChI=1S/C11H12BrFN2O3/c1-2-8(10(16)17)14-11(18)15-9-4-3-6(12)5-7(9)13/h3-5,8H,2H2,1H3,(H,16,17)(H2,14,15,18)/t8-/m1/s1. The third-order valence-corrected chi connectivity index (χ3v) is 2.68. The molecule has 7 heteroatoms. The van der Waals surface area contributed by atoms with Gasteiger partial charge in [-0.1, -0.05) is 22.9 Å². The van der Waals surface area contributed by atoms with Crippen LogP contribution in [0.1, 0.15) is 13.3 Å². The largest absolute Gasteiger partial charge is 0.480 e. The lowest BCUT2D eigenvalue weighted by molar-refractivity contribution is -0.139. The second-order valence-corrected chi connectivity index (χ2v) is 4.44. The van der Waals surface area contributed by atoms with Crippen molar-refractivity contribution in [2.75, 3.05) is 5.32 Å². The smallest absolute Gasteiger partial charge is 0.326 e. The van der Waals surface area contributed by atoms with Gasteiger partial charge >= 0.3 is 12.0 Å². The highest BCUT2D eigenvalue weighted by Gasteiger charge is 2.18. The summed E-state index contributed by atoms with van der Waals surface area (Å²) in [4.78, 5) is 22.2. The molecule has 1 rings (SSSR count). The number of halogens is 2. The number of nitrogens with one attached hydrogen (secondary N) is 2. The van der Waals surface area contributed by atoms with E-state index >= 15 is 0 Å². The monoisotopic (exact) mass is 318 g/mol. The van der Waals surface area contributed by atoms with Gasteiger partial charge in [0.1, 0.15) is 11.9 Å². The average Bonchev–Trinajstić information content (AvgIpc) is 2.29. The van der Waals surface area contributed by atoms with E-state index < -0.39 is 23.9 Å². The predicted molar refractivity (Wildman–Crippen MR) is 68.0 cm³/mol. The maximum Gasteiger partial charge on any atom is 0.326 e. The van der Waals surface area contributed by atoms with Gasteiger partial charge in [0.2, 0.25) is 0 Å². The number of carbonyl (C=O) groups excluding carboxylic acids is 1. The third-order valence-electron chi connectivity index (χ3n) is 2.19. The van der Waals surface area contributed by atoms with Crippen LogP contribution in [-0.2, 0) is 4.79 Å². The van der Waals surface area contributed by atoms with E-state index in [2.05, 4.69) is 26.6 Å². The van der Waals surface area contributed by atoms with Gasteiger partial charge in [0.05, 0.1) is 5.69 Å². The van der Waals surface area contributed by atoms with E-state index in [0.717, 1.165) is 0 Å². The Morgan fingerprint density at radius 2 is 2.17 bits per heavy atom. The lowest BCUT2D eigenvalue weighted by Crippen LogP contribution is -2.42. The fraction of sp³-hybridized carbons (Fsp3) is 0.273. The zero-order chi connectivity index (χ0) is 13.7. The maximum atomic E-state index is 13.4. The quantitative estimate of drug-likeness (QED) is 0.798. The number of carbonyl (C=O) groups is 2. The number of carboxylic acids is 1. The second kappa shape index (κ2) is 6.34. The first-order valence-electron chi connectivity index (χ1n) is 5.19. The number of rotatable bonds is 4. The van der Waals surface area contributed by atoms with E-state index in [-0.39, 0.29) is 12.1 Å². The molecule has 0 fully saturated rings. The van der Waals surface area contributed by atoms with E-state index in [4.69, 9.17) is 5.11 Å². The molecule has 2 amide bonds. The zero-order valence-electron chi connectivity index (χ0n) is 9.54. The Morgan fingerprint density at radius 1 is 1.50 bits per heavy atom. The first kappa shape index (κ1) is 14.4. The highest BCUT2D eigenvalue weighted by Crippen LogP contribution is 2.19. The molecule has 0 radical (unpaired) electrons. The molecule has 98 valence electrons. The normalized spacial score (nSPS) is 11.7. The first-order valence-corrected chi connectivity index (χ1v) is 5.98. The highest BCUT2D eigenvalue weighted by atomic mass is 79.9. The molecule has 1 atom stereocenters. The number of carboxylic acid groups (broad SMARTS) is 1. The molecule has 18 heavy (non-hydrogen) atoms. The van der Waals surface area contributed by atoms with Gasteiger partial charge in [0.15, 0.2) is 0 Å². The van der Waals surface area contributed by atoms with Crippen LogP contribution < -0.4 is 10.6 Å². The molecule has 1 aromatic carbocycles. The Hall–Kier alpha value is -1.63. The molecule has 0 unspecified atom stereocenters. The summed E-state index contributed by atoms with van der Waals surface area (Å²) in [5.74, 6) is -1.74. The minimum atomic E-state index is -1.14. The lowest BCUT2D eigenvalue weighted by atomic mass is 10.2. The van der Waals surface area contributed by atoms with E-state index in [1.807, 2.05) is 0 Å². The van der Waals surface area contributed by atoms with Crippen molar-refractivity contribution in [1.29, 1.82) is 0 Å². The van der Waals surface area contributed by atoms with Gasteiger partial charge in [0, 0.05) is 4.47 Å². The van der Waals surface area contributed by atoms with Crippen LogP contribution in [-0.4, -0.2) is 23.1 Å². The third kappa shape index (κ3) is 3.99. The van der Waals surface area contributed by atoms with Gasteiger partial charge < -0.3 is 15.7 Å². The Kier molecular flexibility index (Phi) is 5.08. The van der Waals surface area contributed by atoms with Crippen LogP contribution in [0.15, 0.2) is 22.7 Å². The summed E-state index contributed by atoms with van der Waals surface area (Å²) in [6.45, 7) is 1.62. The Balaban J connectivity index is 2.67. The predicted octanol–water partition coefficient (Wildman–Crippen LogP) is 2.57. The summed E-state index contributed by atoms with van der Waals surface area (Å²) < 4.78 is 13.9. The molecule has 1 aromatic rings. The molecule has 0 spiro atoms. The van der Waals surface area contributed by atoms with Crippen LogP contribution >= 0.6 is 15.9 Å². The Bertz CT molecular complexity index is 468. The Morgan fingerprint density at radius 3 is 2.67 bits per heavy atom. The van der Waals surface area contributed by atoms with E-state index in [1.54, 1.807) is 13.0 Å². The summed E-state index contributed by atoms with van der Waals surface area (Å²) >= 11 is 3.09. The van der Waals surface area contributed by atoms with Crippen molar-refractivity contribution in [2.24, 2.45) is 0 Å². The average molecular weight is 319 g/mol. The van der Waals surface area contributed by atoms with Gasteiger partial charge in [-0.25, -0.2) is 14.0 Å². The molecular formula is C11H12BrFN2O3. The van der Waals surface area contributed by atoms with Gasteiger partial charge in [-0.15, -0.1) is 0 Å². The number of hydrogen-bond acceptors (Lipinski definition) is 2. The van der Waals surface area contributed by atoms with Gasteiger partial charge in [-0.2, -0.15) is 0 Å². The van der Waals surface area contributed by atoms with Crippen molar-refractivity contribution in [2.45, 2.75) is 19.4 Å². The molecular weight excluding hydrogens is 307 g/mol. The fourth-order valence-corrected chi connectivity index (χ4v) is 1.58. The van der Waals surface area contributed by atoms with E-state index in [9.17, 15) is 14.0 Å². The van der Waals surface area contributed by atoms with Crippen LogP contribution in [0, 0.1) is 5.82 Å². The van der Waals surface area contributed by atoms with Crippen LogP contribution in [0.5, 0.6) is 0 Å². The topological polar surface area (TPSA) is 78.4 Å². The highest BCUT2D eigenvalue weighted by molar-refractivity contribution is 9.10. The Labute approximate surface area is 112 Å². The van der Waals surface area contributed by atoms with Crippen LogP contribution in [0.2, 0.25) is 0 Å². The van der Waals surface area contributed by atoms with Crippen molar-refractivity contribution in [3.05, 3.63) is 28.5 Å².